The molecule has 10 heavy (non-hydrogen) atoms. The summed E-state index contributed by atoms with van der Waals surface area (Å²) in [7, 11) is 0. The van der Waals surface area contributed by atoms with Crippen LogP contribution in [0.25, 0.3) is 11.1 Å². The Morgan fingerprint density at radius 1 is 1.60 bits per heavy atom. The molecule has 0 aliphatic rings. The molecule has 0 saturated carbocycles. The minimum Gasteiger partial charge on any atom is -0.440 e. The molecular formula is C8H6NO. The van der Waals surface area contributed by atoms with Crippen LogP contribution in [0.15, 0.2) is 22.6 Å². The highest BCUT2D eigenvalue weighted by Gasteiger charge is 1.97. The summed E-state index contributed by atoms with van der Waals surface area (Å²) in [6, 6.07) is 8.55. The van der Waals surface area contributed by atoms with Crippen molar-refractivity contribution >= 4 is 11.1 Å². The van der Waals surface area contributed by atoms with Gasteiger partial charge in [0, 0.05) is 13.0 Å². The highest BCUT2D eigenvalue weighted by Crippen LogP contribution is 2.12. The van der Waals surface area contributed by atoms with E-state index in [0.717, 1.165) is 11.1 Å². The van der Waals surface area contributed by atoms with E-state index < -0.39 is 0 Å². The maximum Gasteiger partial charge on any atom is 0.192 e. The third kappa shape index (κ3) is 0.692. The second-order valence-electron chi connectivity index (χ2n) is 2.12. The van der Waals surface area contributed by atoms with Gasteiger partial charge >= 0.3 is 0 Å². The van der Waals surface area contributed by atoms with Crippen LogP contribution >= 0.6 is 0 Å². The van der Waals surface area contributed by atoms with Gasteiger partial charge in [-0.25, -0.2) is 4.98 Å². The van der Waals surface area contributed by atoms with Gasteiger partial charge in [-0.2, -0.15) is 0 Å². The van der Waals surface area contributed by atoms with Gasteiger partial charge in [0.25, 0.3) is 0 Å². The summed E-state index contributed by atoms with van der Waals surface area (Å²) in [5, 5.41) is 0. The Balaban J connectivity index is 2.88. The van der Waals surface area contributed by atoms with Crippen LogP contribution in [0.1, 0.15) is 5.89 Å². The molecule has 2 heteroatoms. The fourth-order valence-corrected chi connectivity index (χ4v) is 0.923. The zero-order chi connectivity index (χ0) is 6.97. The van der Waals surface area contributed by atoms with Crippen LogP contribution in [-0.4, -0.2) is 4.98 Å². The first-order valence-corrected chi connectivity index (χ1v) is 3.10. The van der Waals surface area contributed by atoms with Crippen molar-refractivity contribution in [3.63, 3.8) is 0 Å². The predicted octanol–water partition coefficient (Wildman–Crippen LogP) is 1.94. The summed E-state index contributed by atoms with van der Waals surface area (Å²) in [4.78, 5) is 4.12. The third-order valence-electron chi connectivity index (χ3n) is 1.33. The van der Waals surface area contributed by atoms with Gasteiger partial charge in [-0.1, -0.05) is 12.1 Å². The van der Waals surface area contributed by atoms with Gasteiger partial charge in [-0.15, -0.1) is 0 Å². The molecule has 0 atom stereocenters. The monoisotopic (exact) mass is 132 g/mol. The van der Waals surface area contributed by atoms with E-state index in [0.29, 0.717) is 5.89 Å². The van der Waals surface area contributed by atoms with Crippen molar-refractivity contribution < 1.29 is 4.42 Å². The fraction of sp³-hybridized carbons (Fsp3) is 0.125. The number of fused-ring (bicyclic) bond motifs is 1. The Labute approximate surface area is 58.5 Å². The number of hydrogen-bond acceptors (Lipinski definition) is 2. The summed E-state index contributed by atoms with van der Waals surface area (Å²) in [6.45, 7) is 1.83. The summed E-state index contributed by atoms with van der Waals surface area (Å²) in [6.07, 6.45) is 0. The second-order valence-corrected chi connectivity index (χ2v) is 2.12. The number of rotatable bonds is 0. The average molecular weight is 132 g/mol. The highest BCUT2D eigenvalue weighted by molar-refractivity contribution is 5.71. The average Bonchev–Trinajstić information content (AvgIpc) is 2.27. The molecule has 0 amide bonds. The predicted molar refractivity (Wildman–Crippen MR) is 37.6 cm³/mol. The largest absolute Gasteiger partial charge is 0.440 e. The Morgan fingerprint density at radius 3 is 3.30 bits per heavy atom. The minimum absolute atomic E-state index is 0.692. The standard InChI is InChI=1S/C8H6NO/c1-6-9-7-4-2-3-5-8(7)10-6/h2-4H,1H3. The molecule has 2 aromatic rings. The van der Waals surface area contributed by atoms with E-state index in [9.17, 15) is 0 Å². The molecule has 1 heterocycles. The van der Waals surface area contributed by atoms with Crippen molar-refractivity contribution in [3.8, 4) is 0 Å². The topological polar surface area (TPSA) is 26.0 Å². The Bertz CT molecular complexity index is 318. The van der Waals surface area contributed by atoms with Crippen LogP contribution in [-0.2, 0) is 0 Å². The Kier molecular flexibility index (Phi) is 1.01. The van der Waals surface area contributed by atoms with Gasteiger partial charge in [-0.3, -0.25) is 0 Å². The maximum absolute atomic E-state index is 5.20. The normalized spacial score (nSPS) is 10.5. The first kappa shape index (κ1) is 5.47. The molecular weight excluding hydrogens is 126 g/mol. The van der Waals surface area contributed by atoms with Gasteiger partial charge in [0.15, 0.2) is 11.5 Å². The zero-order valence-corrected chi connectivity index (χ0v) is 5.59. The van der Waals surface area contributed by atoms with E-state index in [4.69, 9.17) is 4.42 Å². The lowest BCUT2D eigenvalue weighted by molar-refractivity contribution is 0.560. The lowest BCUT2D eigenvalue weighted by Gasteiger charge is -1.78. The Morgan fingerprint density at radius 2 is 2.50 bits per heavy atom. The molecule has 1 radical (unpaired) electrons. The number of aryl methyl sites for hydroxylation is 1. The lowest BCUT2D eigenvalue weighted by atomic mass is 10.3. The van der Waals surface area contributed by atoms with E-state index in [1.807, 2.05) is 25.1 Å². The molecule has 0 bridgehead atoms. The number of benzene rings is 1. The van der Waals surface area contributed by atoms with Crippen molar-refractivity contribution in [1.29, 1.82) is 0 Å². The van der Waals surface area contributed by atoms with Gasteiger partial charge in [0.1, 0.15) is 5.52 Å². The van der Waals surface area contributed by atoms with E-state index in [-0.39, 0.29) is 0 Å². The minimum atomic E-state index is 0.692. The van der Waals surface area contributed by atoms with Crippen LogP contribution in [0, 0.1) is 13.0 Å². The quantitative estimate of drug-likeness (QED) is 0.547. The van der Waals surface area contributed by atoms with Gasteiger partial charge in [0.2, 0.25) is 0 Å². The van der Waals surface area contributed by atoms with Gasteiger partial charge in [0.05, 0.1) is 0 Å². The molecule has 0 aliphatic carbocycles. The third-order valence-corrected chi connectivity index (χ3v) is 1.33. The van der Waals surface area contributed by atoms with E-state index in [2.05, 4.69) is 11.1 Å². The molecule has 0 N–H and O–H groups in total. The van der Waals surface area contributed by atoms with Crippen LogP contribution in [0.5, 0.6) is 0 Å². The molecule has 0 saturated heterocycles. The summed E-state index contributed by atoms with van der Waals surface area (Å²) >= 11 is 0. The maximum atomic E-state index is 5.20. The van der Waals surface area contributed by atoms with Crippen LogP contribution in [0.3, 0.4) is 0 Å². The number of aromatic nitrogens is 1. The number of nitrogens with zero attached hydrogens (tertiary/aromatic N) is 1. The number of hydrogen-bond donors (Lipinski definition) is 0. The molecule has 1 aromatic carbocycles. The lowest BCUT2D eigenvalue weighted by Crippen LogP contribution is -1.65. The number of para-hydroxylation sites is 1. The zero-order valence-electron chi connectivity index (χ0n) is 5.59. The molecule has 49 valence electrons. The van der Waals surface area contributed by atoms with Crippen LogP contribution in [0.2, 0.25) is 0 Å². The van der Waals surface area contributed by atoms with Crippen molar-refractivity contribution in [2.45, 2.75) is 6.92 Å². The van der Waals surface area contributed by atoms with Crippen molar-refractivity contribution in [3.05, 3.63) is 30.2 Å². The first-order chi connectivity index (χ1) is 4.86. The van der Waals surface area contributed by atoms with E-state index in [1.165, 1.54) is 0 Å². The molecule has 0 fully saturated rings. The van der Waals surface area contributed by atoms with Gasteiger partial charge in [-0.05, 0) is 6.07 Å². The van der Waals surface area contributed by atoms with Crippen molar-refractivity contribution in [2.75, 3.05) is 0 Å². The molecule has 0 spiro atoms. The van der Waals surface area contributed by atoms with Crippen molar-refractivity contribution in [1.82, 2.24) is 4.98 Å². The highest BCUT2D eigenvalue weighted by atomic mass is 16.3. The molecule has 0 unspecified atom stereocenters. The smallest absolute Gasteiger partial charge is 0.192 e. The number of oxazole rings is 1. The van der Waals surface area contributed by atoms with Crippen molar-refractivity contribution in [2.24, 2.45) is 0 Å². The second kappa shape index (κ2) is 1.84. The van der Waals surface area contributed by atoms with Crippen LogP contribution in [0.4, 0.5) is 0 Å². The summed E-state index contributed by atoms with van der Waals surface area (Å²) < 4.78 is 5.20. The molecule has 2 rings (SSSR count). The summed E-state index contributed by atoms with van der Waals surface area (Å²) in [5.41, 5.74) is 1.61. The van der Waals surface area contributed by atoms with E-state index in [1.54, 1.807) is 0 Å². The molecule has 0 aliphatic heterocycles. The van der Waals surface area contributed by atoms with Gasteiger partial charge < -0.3 is 4.42 Å². The molecule has 1 aromatic heterocycles. The fourth-order valence-electron chi connectivity index (χ4n) is 0.923. The van der Waals surface area contributed by atoms with E-state index >= 15 is 0 Å². The SMILES string of the molecule is Cc1nc2ccc[c]c2o1. The summed E-state index contributed by atoms with van der Waals surface area (Å²) in [5.74, 6) is 0.692. The molecule has 2 nitrogen and oxygen atoms in total. The first-order valence-electron chi connectivity index (χ1n) is 3.10. The van der Waals surface area contributed by atoms with Crippen LogP contribution < -0.4 is 0 Å². The Hall–Kier alpha value is -1.31.